The number of nitrogens with one attached hydrogen (secondary N) is 1. The van der Waals surface area contributed by atoms with Gasteiger partial charge in [0.05, 0.1) is 6.04 Å². The summed E-state index contributed by atoms with van der Waals surface area (Å²) in [5.74, 6) is 5.55. The zero-order valence-electron chi connectivity index (χ0n) is 11.1. The minimum atomic E-state index is -0.209. The second kappa shape index (κ2) is 5.34. The molecule has 0 bridgehead atoms. The Kier molecular flexibility index (Phi) is 4.00. The van der Waals surface area contributed by atoms with Gasteiger partial charge in [-0.3, -0.25) is 11.3 Å². The molecule has 0 radical (unpaired) electrons. The molecule has 0 aromatic heterocycles. The monoisotopic (exact) mass is 251 g/mol. The Morgan fingerprint density at radius 1 is 1.33 bits per heavy atom. The molecule has 1 atom stereocenters. The van der Waals surface area contributed by atoms with Crippen LogP contribution in [-0.4, -0.2) is 24.5 Å². The molecule has 1 aromatic rings. The van der Waals surface area contributed by atoms with Crippen LogP contribution in [0.15, 0.2) is 24.3 Å². The molecule has 3 N–H and O–H groups in total. The van der Waals surface area contributed by atoms with Crippen LogP contribution in [0.5, 0.6) is 0 Å². The standard InChI is InChI=1S/C14H22FN3/c1-18(2)14(8-3-4-9-14)13(17-16)11-6-5-7-12(15)10-11/h5-7,10,13,17H,3-4,8-9,16H2,1-2H3. The minimum Gasteiger partial charge on any atom is -0.302 e. The van der Waals surface area contributed by atoms with Crippen LogP contribution in [-0.2, 0) is 0 Å². The maximum absolute atomic E-state index is 13.4. The first-order valence-corrected chi connectivity index (χ1v) is 6.49. The average molecular weight is 251 g/mol. The third kappa shape index (κ3) is 2.28. The molecule has 1 fully saturated rings. The molecule has 1 aliphatic rings. The topological polar surface area (TPSA) is 41.3 Å². The molecule has 1 aliphatic carbocycles. The van der Waals surface area contributed by atoms with E-state index in [9.17, 15) is 4.39 Å². The summed E-state index contributed by atoms with van der Waals surface area (Å²) in [7, 11) is 4.16. The molecule has 1 aromatic carbocycles. The van der Waals surface area contributed by atoms with Crippen molar-refractivity contribution in [1.82, 2.24) is 10.3 Å². The number of hydrogen-bond donors (Lipinski definition) is 2. The lowest BCUT2D eigenvalue weighted by atomic mass is 9.83. The summed E-state index contributed by atoms with van der Waals surface area (Å²) in [4.78, 5) is 2.23. The Hall–Kier alpha value is -0.970. The highest BCUT2D eigenvalue weighted by Crippen LogP contribution is 2.43. The highest BCUT2D eigenvalue weighted by Gasteiger charge is 2.43. The molecule has 3 nitrogen and oxygen atoms in total. The fraction of sp³-hybridized carbons (Fsp3) is 0.571. The van der Waals surface area contributed by atoms with Crippen molar-refractivity contribution >= 4 is 0 Å². The van der Waals surface area contributed by atoms with Crippen LogP contribution < -0.4 is 11.3 Å². The molecule has 0 spiro atoms. The number of hydrazine groups is 1. The van der Waals surface area contributed by atoms with Gasteiger partial charge in [-0.25, -0.2) is 4.39 Å². The fourth-order valence-electron chi connectivity index (χ4n) is 3.23. The van der Waals surface area contributed by atoms with Gasteiger partial charge in [-0.15, -0.1) is 0 Å². The van der Waals surface area contributed by atoms with E-state index in [2.05, 4.69) is 24.4 Å². The van der Waals surface area contributed by atoms with Gasteiger partial charge in [-0.2, -0.15) is 0 Å². The predicted octanol–water partition coefficient (Wildman–Crippen LogP) is 2.20. The number of nitrogens with two attached hydrogens (primary N) is 1. The van der Waals surface area contributed by atoms with E-state index in [0.29, 0.717) is 0 Å². The van der Waals surface area contributed by atoms with E-state index in [4.69, 9.17) is 5.84 Å². The number of rotatable bonds is 4. The first-order chi connectivity index (χ1) is 8.60. The Balaban J connectivity index is 2.37. The van der Waals surface area contributed by atoms with E-state index in [0.717, 1.165) is 18.4 Å². The number of likely N-dealkylation sites (N-methyl/N-ethyl adjacent to an activating group) is 1. The lowest BCUT2D eigenvalue weighted by molar-refractivity contribution is 0.104. The van der Waals surface area contributed by atoms with Crippen molar-refractivity contribution in [2.24, 2.45) is 5.84 Å². The molecule has 18 heavy (non-hydrogen) atoms. The lowest BCUT2D eigenvalue weighted by Gasteiger charge is -2.43. The van der Waals surface area contributed by atoms with Crippen LogP contribution in [0.25, 0.3) is 0 Å². The second-order valence-electron chi connectivity index (χ2n) is 5.36. The van der Waals surface area contributed by atoms with Gasteiger partial charge in [0.1, 0.15) is 5.82 Å². The molecular weight excluding hydrogens is 229 g/mol. The first kappa shape index (κ1) is 13.5. The molecule has 2 rings (SSSR count). The fourth-order valence-corrected chi connectivity index (χ4v) is 3.23. The summed E-state index contributed by atoms with van der Waals surface area (Å²) in [6.07, 6.45) is 4.58. The highest BCUT2D eigenvalue weighted by molar-refractivity contribution is 5.25. The molecule has 0 heterocycles. The Morgan fingerprint density at radius 2 is 2.00 bits per heavy atom. The van der Waals surface area contributed by atoms with Gasteiger partial charge in [0.15, 0.2) is 0 Å². The SMILES string of the molecule is CN(C)C1(C(NN)c2cccc(F)c2)CCCC1. The summed E-state index contributed by atoms with van der Waals surface area (Å²) in [5.41, 5.74) is 3.81. The molecule has 0 aliphatic heterocycles. The van der Waals surface area contributed by atoms with Crippen LogP contribution in [0.1, 0.15) is 37.3 Å². The van der Waals surface area contributed by atoms with Gasteiger partial charge in [0.2, 0.25) is 0 Å². The van der Waals surface area contributed by atoms with Gasteiger partial charge in [-0.1, -0.05) is 25.0 Å². The summed E-state index contributed by atoms with van der Waals surface area (Å²) >= 11 is 0. The average Bonchev–Trinajstić information content (AvgIpc) is 2.81. The van der Waals surface area contributed by atoms with Crippen molar-refractivity contribution in [2.45, 2.75) is 37.3 Å². The molecule has 4 heteroatoms. The van der Waals surface area contributed by atoms with E-state index in [1.165, 1.54) is 18.9 Å². The van der Waals surface area contributed by atoms with E-state index >= 15 is 0 Å². The molecule has 0 saturated heterocycles. The van der Waals surface area contributed by atoms with Crippen LogP contribution in [0, 0.1) is 5.82 Å². The third-order valence-corrected chi connectivity index (χ3v) is 4.25. The molecule has 0 amide bonds. The quantitative estimate of drug-likeness (QED) is 0.637. The van der Waals surface area contributed by atoms with E-state index in [1.807, 2.05) is 6.07 Å². The largest absolute Gasteiger partial charge is 0.302 e. The first-order valence-electron chi connectivity index (χ1n) is 6.49. The molecule has 100 valence electrons. The van der Waals surface area contributed by atoms with Gasteiger partial charge in [0, 0.05) is 5.54 Å². The maximum atomic E-state index is 13.4. The van der Waals surface area contributed by atoms with Gasteiger partial charge >= 0.3 is 0 Å². The van der Waals surface area contributed by atoms with E-state index in [1.54, 1.807) is 12.1 Å². The van der Waals surface area contributed by atoms with Crippen LogP contribution in [0.3, 0.4) is 0 Å². The van der Waals surface area contributed by atoms with Crippen LogP contribution in [0.2, 0.25) is 0 Å². The number of nitrogens with zero attached hydrogens (tertiary/aromatic N) is 1. The lowest BCUT2D eigenvalue weighted by Crippen LogP contribution is -2.53. The van der Waals surface area contributed by atoms with Gasteiger partial charge < -0.3 is 4.90 Å². The zero-order chi connectivity index (χ0) is 13.2. The number of hydrogen-bond acceptors (Lipinski definition) is 3. The van der Waals surface area contributed by atoms with E-state index in [-0.39, 0.29) is 17.4 Å². The molecular formula is C14H22FN3. The van der Waals surface area contributed by atoms with Crippen LogP contribution in [0.4, 0.5) is 4.39 Å². The van der Waals surface area contributed by atoms with Gasteiger partial charge in [-0.05, 0) is 44.6 Å². The third-order valence-electron chi connectivity index (χ3n) is 4.25. The Bertz CT molecular complexity index is 400. The van der Waals surface area contributed by atoms with Crippen molar-refractivity contribution in [1.29, 1.82) is 0 Å². The Morgan fingerprint density at radius 3 is 2.50 bits per heavy atom. The Labute approximate surface area is 108 Å². The van der Waals surface area contributed by atoms with Crippen LogP contribution >= 0.6 is 0 Å². The summed E-state index contributed by atoms with van der Waals surface area (Å²) in [6, 6.07) is 6.69. The second-order valence-corrected chi connectivity index (χ2v) is 5.36. The summed E-state index contributed by atoms with van der Waals surface area (Å²) < 4.78 is 13.4. The van der Waals surface area contributed by atoms with Gasteiger partial charge in [0.25, 0.3) is 0 Å². The maximum Gasteiger partial charge on any atom is 0.123 e. The van der Waals surface area contributed by atoms with Crippen molar-refractivity contribution < 1.29 is 4.39 Å². The zero-order valence-corrected chi connectivity index (χ0v) is 11.1. The summed E-state index contributed by atoms with van der Waals surface area (Å²) in [6.45, 7) is 0. The number of benzene rings is 1. The van der Waals surface area contributed by atoms with E-state index < -0.39 is 0 Å². The van der Waals surface area contributed by atoms with Crippen molar-refractivity contribution in [3.05, 3.63) is 35.6 Å². The van der Waals surface area contributed by atoms with Crippen molar-refractivity contribution in [3.63, 3.8) is 0 Å². The smallest absolute Gasteiger partial charge is 0.123 e. The normalized spacial score (nSPS) is 20.3. The van der Waals surface area contributed by atoms with Crippen molar-refractivity contribution in [2.75, 3.05) is 14.1 Å². The summed E-state index contributed by atoms with van der Waals surface area (Å²) in [5, 5.41) is 0. The highest BCUT2D eigenvalue weighted by atomic mass is 19.1. The minimum absolute atomic E-state index is 0.0114. The molecule has 1 unspecified atom stereocenters. The van der Waals surface area contributed by atoms with Crippen molar-refractivity contribution in [3.8, 4) is 0 Å². The number of halogens is 1. The predicted molar refractivity (Wildman–Crippen MR) is 71.4 cm³/mol. The molecule has 1 saturated carbocycles.